The fourth-order valence-electron chi connectivity index (χ4n) is 0.369. The lowest BCUT2D eigenvalue weighted by molar-refractivity contribution is -0.137. The topological polar surface area (TPSA) is 52.3 Å². The molecule has 0 rings (SSSR count). The number of hydrogen-bond acceptors (Lipinski definition) is 3. The van der Waals surface area contributed by atoms with Crippen molar-refractivity contribution in [2.75, 3.05) is 0 Å². The van der Waals surface area contributed by atoms with Crippen molar-refractivity contribution in [3.05, 3.63) is 0 Å². The molecule has 1 unspecified atom stereocenters. The molecule has 0 aliphatic rings. The molecular weight excluding hydrogens is 142 g/mol. The van der Waals surface area contributed by atoms with Crippen LogP contribution in [0.15, 0.2) is 0 Å². The van der Waals surface area contributed by atoms with Crippen LogP contribution in [-0.4, -0.2) is 5.97 Å². The van der Waals surface area contributed by atoms with Gasteiger partial charge in [-0.3, -0.25) is 0 Å². The molecule has 0 aromatic rings. The molecule has 0 fully saturated rings. The van der Waals surface area contributed by atoms with Gasteiger partial charge >= 0.3 is 5.97 Å². The normalized spacial score (nSPS) is 11.7. The molecule has 0 amide bonds. The van der Waals surface area contributed by atoms with Gasteiger partial charge in [-0.05, 0) is 5.92 Å². The maximum absolute atomic E-state index is 10.4. The average molecular weight is 155 g/mol. The molecule has 0 aliphatic carbocycles. The maximum atomic E-state index is 10.4. The summed E-state index contributed by atoms with van der Waals surface area (Å²) < 4.78 is 0. The third-order valence-electron chi connectivity index (χ3n) is 1.51. The van der Waals surface area contributed by atoms with Crippen molar-refractivity contribution in [3.8, 4) is 11.8 Å². The van der Waals surface area contributed by atoms with Crippen molar-refractivity contribution in [1.82, 2.24) is 0 Å². The highest BCUT2D eigenvalue weighted by Gasteiger charge is 2.02. The molecule has 1 atom stereocenters. The third kappa shape index (κ3) is 4.40. The van der Waals surface area contributed by atoms with Gasteiger partial charge in [0, 0.05) is 11.8 Å². The maximum Gasteiger partial charge on any atom is 0.402 e. The first-order valence-corrected chi connectivity index (χ1v) is 3.50. The third-order valence-corrected chi connectivity index (χ3v) is 1.51. The van der Waals surface area contributed by atoms with Crippen LogP contribution < -0.4 is 5.90 Å². The summed E-state index contributed by atoms with van der Waals surface area (Å²) in [6.07, 6.45) is 0. The second-order valence-electron chi connectivity index (χ2n) is 2.71. The van der Waals surface area contributed by atoms with Crippen molar-refractivity contribution < 1.29 is 9.63 Å². The Morgan fingerprint density at radius 1 is 1.45 bits per heavy atom. The smallest absolute Gasteiger partial charge is 0.364 e. The van der Waals surface area contributed by atoms with Gasteiger partial charge in [0.25, 0.3) is 0 Å². The van der Waals surface area contributed by atoms with E-state index in [0.717, 1.165) is 0 Å². The van der Waals surface area contributed by atoms with E-state index in [0.29, 0.717) is 5.92 Å². The number of carbonyl (C=O) groups is 1. The molecule has 2 N–H and O–H groups in total. The molecule has 0 aromatic carbocycles. The molecule has 0 saturated heterocycles. The first kappa shape index (κ1) is 9.99. The molecular formula is C8H13NO2. The van der Waals surface area contributed by atoms with Crippen LogP contribution in [0.1, 0.15) is 20.8 Å². The zero-order valence-electron chi connectivity index (χ0n) is 7.05. The summed E-state index contributed by atoms with van der Waals surface area (Å²) in [4.78, 5) is 14.3. The van der Waals surface area contributed by atoms with Crippen molar-refractivity contribution in [2.24, 2.45) is 17.7 Å². The van der Waals surface area contributed by atoms with Gasteiger partial charge in [-0.2, -0.15) is 5.90 Å². The standard InChI is InChI=1S/C8H13NO2/c1-6(2)7(3)4-5-8(10)11-9/h6-7H,9H2,1-3H3. The molecule has 0 radical (unpaired) electrons. The van der Waals surface area contributed by atoms with E-state index in [1.807, 2.05) is 20.8 Å². The highest BCUT2D eigenvalue weighted by molar-refractivity contribution is 5.88. The van der Waals surface area contributed by atoms with Crippen LogP contribution in [-0.2, 0) is 9.63 Å². The van der Waals surface area contributed by atoms with Crippen molar-refractivity contribution in [1.29, 1.82) is 0 Å². The molecule has 3 heteroatoms. The van der Waals surface area contributed by atoms with E-state index in [2.05, 4.69) is 22.6 Å². The Hall–Kier alpha value is -1.01. The molecule has 0 aromatic heterocycles. The largest absolute Gasteiger partial charge is 0.402 e. The van der Waals surface area contributed by atoms with Crippen LogP contribution in [0.3, 0.4) is 0 Å². The molecule has 62 valence electrons. The summed E-state index contributed by atoms with van der Waals surface area (Å²) in [5.41, 5.74) is 0. The summed E-state index contributed by atoms with van der Waals surface area (Å²) in [5, 5.41) is 0. The molecule has 3 nitrogen and oxygen atoms in total. The van der Waals surface area contributed by atoms with Crippen molar-refractivity contribution in [2.45, 2.75) is 20.8 Å². The van der Waals surface area contributed by atoms with Crippen LogP contribution >= 0.6 is 0 Å². The predicted molar refractivity (Wildman–Crippen MR) is 42.1 cm³/mol. The number of nitrogens with two attached hydrogens (primary N) is 1. The van der Waals surface area contributed by atoms with E-state index in [-0.39, 0.29) is 5.92 Å². The van der Waals surface area contributed by atoms with Crippen molar-refractivity contribution >= 4 is 5.97 Å². The number of rotatable bonds is 1. The van der Waals surface area contributed by atoms with Gasteiger partial charge in [-0.1, -0.05) is 26.7 Å². The van der Waals surface area contributed by atoms with Crippen LogP contribution in [0.5, 0.6) is 0 Å². The number of hydrogen-bond donors (Lipinski definition) is 1. The number of carbonyl (C=O) groups excluding carboxylic acids is 1. The monoisotopic (exact) mass is 155 g/mol. The lowest BCUT2D eigenvalue weighted by atomic mass is 9.99. The SMILES string of the molecule is CC(C)C(C)C#CC(=O)ON. The first-order chi connectivity index (χ1) is 5.07. The Labute approximate surface area is 66.9 Å². The first-order valence-electron chi connectivity index (χ1n) is 3.50. The fraction of sp³-hybridized carbons (Fsp3) is 0.625. The second kappa shape index (κ2) is 4.75. The minimum absolute atomic E-state index is 0.189. The van der Waals surface area contributed by atoms with Crippen LogP contribution in [0.25, 0.3) is 0 Å². The molecule has 11 heavy (non-hydrogen) atoms. The zero-order chi connectivity index (χ0) is 8.85. The highest BCUT2D eigenvalue weighted by atomic mass is 16.7. The molecule has 0 saturated carbocycles. The van der Waals surface area contributed by atoms with E-state index in [4.69, 9.17) is 0 Å². The van der Waals surface area contributed by atoms with Crippen molar-refractivity contribution in [3.63, 3.8) is 0 Å². The lowest BCUT2D eigenvalue weighted by Gasteiger charge is -2.05. The van der Waals surface area contributed by atoms with Gasteiger partial charge < -0.3 is 4.84 Å². The van der Waals surface area contributed by atoms with Gasteiger partial charge in [-0.25, -0.2) is 4.79 Å². The predicted octanol–water partition coefficient (Wildman–Crippen LogP) is 0.699. The second-order valence-corrected chi connectivity index (χ2v) is 2.71. The van der Waals surface area contributed by atoms with Gasteiger partial charge in [0.1, 0.15) is 0 Å². The van der Waals surface area contributed by atoms with Crippen LogP contribution in [0.4, 0.5) is 0 Å². The van der Waals surface area contributed by atoms with Gasteiger partial charge in [0.15, 0.2) is 0 Å². The van der Waals surface area contributed by atoms with E-state index in [1.54, 1.807) is 0 Å². The summed E-state index contributed by atoms with van der Waals surface area (Å²) in [6, 6.07) is 0. The van der Waals surface area contributed by atoms with E-state index >= 15 is 0 Å². The van der Waals surface area contributed by atoms with Crippen LogP contribution in [0, 0.1) is 23.7 Å². The summed E-state index contributed by atoms with van der Waals surface area (Å²) in [6.45, 7) is 6.02. The summed E-state index contributed by atoms with van der Waals surface area (Å²) in [5.74, 6) is 9.53. The van der Waals surface area contributed by atoms with E-state index in [1.165, 1.54) is 0 Å². The quantitative estimate of drug-likeness (QED) is 0.448. The Balaban J connectivity index is 3.96. The van der Waals surface area contributed by atoms with E-state index < -0.39 is 5.97 Å². The minimum atomic E-state index is -0.683. The van der Waals surface area contributed by atoms with Gasteiger partial charge in [-0.15, -0.1) is 0 Å². The molecule has 0 spiro atoms. The molecule has 0 aliphatic heterocycles. The Bertz CT molecular complexity index is 188. The fourth-order valence-corrected chi connectivity index (χ4v) is 0.369. The summed E-state index contributed by atoms with van der Waals surface area (Å²) in [7, 11) is 0. The highest BCUT2D eigenvalue weighted by Crippen LogP contribution is 2.06. The summed E-state index contributed by atoms with van der Waals surface area (Å²) >= 11 is 0. The Morgan fingerprint density at radius 3 is 2.36 bits per heavy atom. The minimum Gasteiger partial charge on any atom is -0.364 e. The Kier molecular flexibility index (Phi) is 4.32. The zero-order valence-corrected chi connectivity index (χ0v) is 7.05. The van der Waals surface area contributed by atoms with Gasteiger partial charge in [0.05, 0.1) is 0 Å². The lowest BCUT2D eigenvalue weighted by Crippen LogP contribution is -2.08. The van der Waals surface area contributed by atoms with E-state index in [9.17, 15) is 4.79 Å². The molecule has 0 bridgehead atoms. The van der Waals surface area contributed by atoms with Gasteiger partial charge in [0.2, 0.25) is 0 Å². The molecule has 0 heterocycles. The average Bonchev–Trinajstić information content (AvgIpc) is 1.99. The van der Waals surface area contributed by atoms with Crippen LogP contribution in [0.2, 0.25) is 0 Å². The Morgan fingerprint density at radius 2 is 2.00 bits per heavy atom.